The highest BCUT2D eigenvalue weighted by atomic mass is 16.5. The van der Waals surface area contributed by atoms with Crippen LogP contribution >= 0.6 is 0 Å². The van der Waals surface area contributed by atoms with Crippen LogP contribution in [0.15, 0.2) is 48.0 Å². The third-order valence-corrected chi connectivity index (χ3v) is 6.29. The number of carbonyl (C=O) groups is 1. The lowest BCUT2D eigenvalue weighted by atomic mass is 9.99. The zero-order valence-corrected chi connectivity index (χ0v) is 20.7. The number of anilines is 1. The van der Waals surface area contributed by atoms with E-state index in [1.54, 1.807) is 0 Å². The van der Waals surface area contributed by atoms with Gasteiger partial charge < -0.3 is 19.5 Å². The number of unbranched alkanes of at least 4 members (excludes halogenated alkanes) is 1. The van der Waals surface area contributed by atoms with Crippen molar-refractivity contribution in [3.63, 3.8) is 0 Å². The summed E-state index contributed by atoms with van der Waals surface area (Å²) >= 11 is 0. The van der Waals surface area contributed by atoms with Crippen molar-refractivity contribution in [3.8, 4) is 16.9 Å². The highest BCUT2D eigenvalue weighted by Crippen LogP contribution is 2.32. The van der Waals surface area contributed by atoms with Crippen molar-refractivity contribution >= 4 is 17.7 Å². The first-order valence-electron chi connectivity index (χ1n) is 12.8. The maximum Gasteiger partial charge on any atom is 0.331 e. The summed E-state index contributed by atoms with van der Waals surface area (Å²) in [5.41, 5.74) is 4.68. The Balaban J connectivity index is 1.79. The van der Waals surface area contributed by atoms with Gasteiger partial charge in [0.05, 0.1) is 6.61 Å². The lowest BCUT2D eigenvalue weighted by molar-refractivity contribution is -0.132. The summed E-state index contributed by atoms with van der Waals surface area (Å²) in [6.07, 6.45) is 9.42. The fraction of sp³-hybridized carbons (Fsp3) is 0.483. The average molecular weight is 466 g/mol. The summed E-state index contributed by atoms with van der Waals surface area (Å²) in [5, 5.41) is 9.62. The molecule has 0 atom stereocenters. The lowest BCUT2D eigenvalue weighted by Gasteiger charge is -2.25. The maximum absolute atomic E-state index is 11.7. The fourth-order valence-electron chi connectivity index (χ4n) is 4.26. The van der Waals surface area contributed by atoms with Crippen molar-refractivity contribution in [1.82, 2.24) is 0 Å². The SMILES string of the molecule is CCCCOCCOc1ccc(-c2ccc(N3CCCCCC3)c(C=C(CC)C(=O)O)c2)cc1. The predicted molar refractivity (Wildman–Crippen MR) is 140 cm³/mol. The number of ether oxygens (including phenoxy) is 2. The van der Waals surface area contributed by atoms with Gasteiger partial charge in [0.25, 0.3) is 0 Å². The number of hydrogen-bond donors (Lipinski definition) is 1. The van der Waals surface area contributed by atoms with E-state index in [9.17, 15) is 9.90 Å². The van der Waals surface area contributed by atoms with Gasteiger partial charge in [0.2, 0.25) is 0 Å². The number of benzene rings is 2. The van der Waals surface area contributed by atoms with Crippen LogP contribution in [0.1, 0.15) is 64.4 Å². The summed E-state index contributed by atoms with van der Waals surface area (Å²) < 4.78 is 11.4. The van der Waals surface area contributed by atoms with Gasteiger partial charge in [-0.15, -0.1) is 0 Å². The van der Waals surface area contributed by atoms with Crippen LogP contribution < -0.4 is 9.64 Å². The molecule has 0 spiro atoms. The molecule has 5 nitrogen and oxygen atoms in total. The molecule has 1 fully saturated rings. The summed E-state index contributed by atoms with van der Waals surface area (Å²) in [6, 6.07) is 14.5. The monoisotopic (exact) mass is 465 g/mol. The van der Waals surface area contributed by atoms with Crippen LogP contribution in [0.25, 0.3) is 17.2 Å². The number of rotatable bonds is 12. The maximum atomic E-state index is 11.7. The molecular formula is C29H39NO4. The second-order valence-electron chi connectivity index (χ2n) is 8.84. The molecular weight excluding hydrogens is 426 g/mol. The van der Waals surface area contributed by atoms with E-state index >= 15 is 0 Å². The predicted octanol–water partition coefficient (Wildman–Crippen LogP) is 6.81. The molecule has 1 aliphatic heterocycles. The fourth-order valence-corrected chi connectivity index (χ4v) is 4.26. The van der Waals surface area contributed by atoms with E-state index in [1.165, 1.54) is 25.7 Å². The Hall–Kier alpha value is -2.79. The topological polar surface area (TPSA) is 59.0 Å². The Kier molecular flexibility index (Phi) is 10.5. The summed E-state index contributed by atoms with van der Waals surface area (Å²) in [4.78, 5) is 14.1. The molecule has 0 aromatic heterocycles. The van der Waals surface area contributed by atoms with Gasteiger partial charge in [-0.2, -0.15) is 0 Å². The Bertz CT molecular complexity index is 928. The van der Waals surface area contributed by atoms with Crippen molar-refractivity contribution in [2.24, 2.45) is 0 Å². The van der Waals surface area contributed by atoms with Crippen molar-refractivity contribution in [2.45, 2.75) is 58.8 Å². The van der Waals surface area contributed by atoms with Crippen molar-refractivity contribution in [1.29, 1.82) is 0 Å². The molecule has 34 heavy (non-hydrogen) atoms. The Morgan fingerprint density at radius 2 is 1.65 bits per heavy atom. The molecule has 0 amide bonds. The average Bonchev–Trinajstić information content (AvgIpc) is 3.14. The Labute approximate surface area is 204 Å². The lowest BCUT2D eigenvalue weighted by Crippen LogP contribution is -2.24. The minimum atomic E-state index is -0.852. The second kappa shape index (κ2) is 13.8. The quantitative estimate of drug-likeness (QED) is 0.276. The van der Waals surface area contributed by atoms with Crippen LogP contribution in [0.4, 0.5) is 5.69 Å². The van der Waals surface area contributed by atoms with Gasteiger partial charge in [-0.3, -0.25) is 0 Å². The number of carboxylic acids is 1. The molecule has 1 saturated heterocycles. The van der Waals surface area contributed by atoms with Gasteiger partial charge in [-0.05, 0) is 72.7 Å². The van der Waals surface area contributed by atoms with Crippen LogP contribution in [-0.2, 0) is 9.53 Å². The zero-order valence-electron chi connectivity index (χ0n) is 20.7. The molecule has 2 aromatic rings. The van der Waals surface area contributed by atoms with Crippen LogP contribution in [0.2, 0.25) is 0 Å². The van der Waals surface area contributed by atoms with E-state index < -0.39 is 5.97 Å². The van der Waals surface area contributed by atoms with Gasteiger partial charge in [0, 0.05) is 31.0 Å². The van der Waals surface area contributed by atoms with Crippen molar-refractivity contribution < 1.29 is 19.4 Å². The number of hydrogen-bond acceptors (Lipinski definition) is 4. The van der Waals surface area contributed by atoms with Crippen LogP contribution in [0, 0.1) is 0 Å². The molecule has 0 saturated carbocycles. The van der Waals surface area contributed by atoms with E-state index in [0.717, 1.165) is 60.7 Å². The molecule has 5 heteroatoms. The second-order valence-corrected chi connectivity index (χ2v) is 8.84. The minimum absolute atomic E-state index is 0.429. The summed E-state index contributed by atoms with van der Waals surface area (Å²) in [5.74, 6) is -0.0295. The minimum Gasteiger partial charge on any atom is -0.491 e. The highest BCUT2D eigenvalue weighted by molar-refractivity contribution is 5.93. The number of nitrogens with zero attached hydrogens (tertiary/aromatic N) is 1. The molecule has 3 rings (SSSR count). The molecule has 1 heterocycles. The van der Waals surface area contributed by atoms with Crippen LogP contribution in [0.5, 0.6) is 5.75 Å². The molecule has 2 aromatic carbocycles. The largest absolute Gasteiger partial charge is 0.491 e. The molecule has 0 aliphatic carbocycles. The third-order valence-electron chi connectivity index (χ3n) is 6.29. The standard InChI is InChI=1S/C29H39NO4/c1-3-5-18-33-19-20-34-27-13-10-24(11-14-27)25-12-15-28(30-16-8-6-7-9-17-30)26(22-25)21-23(4-2)29(31)32/h10-15,21-22H,3-9,16-20H2,1-2H3,(H,31,32). The van der Waals surface area contributed by atoms with Gasteiger partial charge in [0.1, 0.15) is 12.4 Å². The smallest absolute Gasteiger partial charge is 0.331 e. The van der Waals surface area contributed by atoms with E-state index in [2.05, 4.69) is 42.2 Å². The first-order valence-corrected chi connectivity index (χ1v) is 12.8. The van der Waals surface area contributed by atoms with Gasteiger partial charge in [-0.25, -0.2) is 4.79 Å². The molecule has 0 bridgehead atoms. The molecule has 0 radical (unpaired) electrons. The first kappa shape index (κ1) is 25.8. The highest BCUT2D eigenvalue weighted by Gasteiger charge is 2.15. The van der Waals surface area contributed by atoms with E-state index in [-0.39, 0.29) is 0 Å². The molecule has 1 aliphatic rings. The van der Waals surface area contributed by atoms with Gasteiger partial charge >= 0.3 is 5.97 Å². The third kappa shape index (κ3) is 7.63. The molecule has 1 N–H and O–H groups in total. The van der Waals surface area contributed by atoms with E-state index in [1.807, 2.05) is 25.1 Å². The van der Waals surface area contributed by atoms with Crippen LogP contribution in [-0.4, -0.2) is 44.0 Å². The first-order chi connectivity index (χ1) is 16.6. The molecule has 184 valence electrons. The van der Waals surface area contributed by atoms with Crippen molar-refractivity contribution in [2.75, 3.05) is 37.8 Å². The number of aliphatic carboxylic acids is 1. The Morgan fingerprint density at radius 1 is 0.941 bits per heavy atom. The summed E-state index contributed by atoms with van der Waals surface area (Å²) in [7, 11) is 0. The Morgan fingerprint density at radius 3 is 2.29 bits per heavy atom. The zero-order chi connectivity index (χ0) is 24.2. The van der Waals surface area contributed by atoms with Gasteiger partial charge in [0.15, 0.2) is 0 Å². The van der Waals surface area contributed by atoms with E-state index in [4.69, 9.17) is 9.47 Å². The normalized spacial score (nSPS) is 14.6. The van der Waals surface area contributed by atoms with Crippen molar-refractivity contribution in [3.05, 3.63) is 53.6 Å². The molecule has 0 unspecified atom stereocenters. The van der Waals surface area contributed by atoms with Gasteiger partial charge in [-0.1, -0.05) is 51.3 Å². The number of carboxylic acid groups (broad SMARTS) is 1. The van der Waals surface area contributed by atoms with E-state index in [0.29, 0.717) is 25.2 Å². The van der Waals surface area contributed by atoms with Crippen LogP contribution in [0.3, 0.4) is 0 Å². The summed E-state index contributed by atoms with van der Waals surface area (Å²) in [6.45, 7) is 7.99.